The first-order valence-corrected chi connectivity index (χ1v) is 2.42. The Balaban J connectivity index is 0.000000640. The topological polar surface area (TPSA) is 23.5 Å². The van der Waals surface area contributed by atoms with Crippen LogP contribution in [0.5, 0.6) is 0 Å². The van der Waals surface area contributed by atoms with Gasteiger partial charge in [-0.05, 0) is 0 Å². The highest BCUT2D eigenvalue weighted by Gasteiger charge is 2.37. The fourth-order valence-electron chi connectivity index (χ4n) is 0.718. The molecule has 1 aliphatic rings. The minimum absolute atomic E-state index is 0. The van der Waals surface area contributed by atoms with E-state index in [1.807, 2.05) is 0 Å². The van der Waals surface area contributed by atoms with E-state index in [1.54, 1.807) is 0 Å². The van der Waals surface area contributed by atoms with E-state index in [0.717, 1.165) is 0 Å². The lowest BCUT2D eigenvalue weighted by molar-refractivity contribution is -0.0984. The van der Waals surface area contributed by atoms with E-state index in [4.69, 9.17) is 5.21 Å². The molecule has 0 unspecified atom stereocenters. The van der Waals surface area contributed by atoms with Crippen molar-refractivity contribution in [1.29, 1.82) is 0 Å². The Hall–Kier alpha value is 0.0700. The number of alkyl halides is 2. The summed E-state index contributed by atoms with van der Waals surface area (Å²) in [4.78, 5) is 0. The third kappa shape index (κ3) is 2.43. The molecule has 0 saturated carbocycles. The van der Waals surface area contributed by atoms with Crippen LogP contribution in [0.4, 0.5) is 8.78 Å². The number of hydrogen-bond acceptors (Lipinski definition) is 2. The number of nitrogens with zero attached hydrogens (tertiary/aromatic N) is 1. The van der Waals surface area contributed by atoms with Gasteiger partial charge in [-0.3, -0.25) is 0 Å². The van der Waals surface area contributed by atoms with Crippen LogP contribution < -0.4 is 0 Å². The van der Waals surface area contributed by atoms with Crippen molar-refractivity contribution in [1.82, 2.24) is 5.06 Å². The lowest BCUT2D eigenvalue weighted by Gasteiger charge is -2.05. The molecule has 9 heavy (non-hydrogen) atoms. The van der Waals surface area contributed by atoms with Crippen molar-refractivity contribution in [3.63, 3.8) is 0 Å². The van der Waals surface area contributed by atoms with Crippen LogP contribution in [0, 0.1) is 0 Å². The van der Waals surface area contributed by atoms with E-state index in [2.05, 4.69) is 0 Å². The van der Waals surface area contributed by atoms with Gasteiger partial charge in [0.15, 0.2) is 0 Å². The molecule has 1 heterocycles. The summed E-state index contributed by atoms with van der Waals surface area (Å²) in [5, 5.41) is 9.06. The second-order valence-corrected chi connectivity index (χ2v) is 1.99. The van der Waals surface area contributed by atoms with Gasteiger partial charge in [0, 0.05) is 13.0 Å². The SMILES string of the molecule is Cl.ON1CCC(F)(F)C1. The van der Waals surface area contributed by atoms with Gasteiger partial charge in [0.25, 0.3) is 5.92 Å². The lowest BCUT2D eigenvalue weighted by atomic mass is 10.3. The van der Waals surface area contributed by atoms with Crippen LogP contribution in [0.15, 0.2) is 0 Å². The summed E-state index contributed by atoms with van der Waals surface area (Å²) < 4.78 is 24.0. The Morgan fingerprint density at radius 1 is 1.44 bits per heavy atom. The van der Waals surface area contributed by atoms with E-state index in [1.165, 1.54) is 0 Å². The van der Waals surface area contributed by atoms with Crippen molar-refractivity contribution >= 4 is 12.4 Å². The van der Waals surface area contributed by atoms with Crippen LogP contribution in [0.1, 0.15) is 6.42 Å². The fraction of sp³-hybridized carbons (Fsp3) is 1.00. The Bertz CT molecular complexity index is 101. The molecule has 0 radical (unpaired) electrons. The third-order valence-corrected chi connectivity index (χ3v) is 1.15. The van der Waals surface area contributed by atoms with Crippen molar-refractivity contribution in [3.8, 4) is 0 Å². The maximum absolute atomic E-state index is 12.0. The van der Waals surface area contributed by atoms with Crippen molar-refractivity contribution in [3.05, 3.63) is 0 Å². The lowest BCUT2D eigenvalue weighted by Crippen LogP contribution is -2.21. The molecule has 1 fully saturated rings. The summed E-state index contributed by atoms with van der Waals surface area (Å²) in [5.41, 5.74) is 0. The Labute approximate surface area is 57.8 Å². The van der Waals surface area contributed by atoms with Crippen LogP contribution in [0.25, 0.3) is 0 Å². The van der Waals surface area contributed by atoms with E-state index in [0.29, 0.717) is 5.06 Å². The summed E-state index contributed by atoms with van der Waals surface area (Å²) in [6.45, 7) is -0.417. The van der Waals surface area contributed by atoms with E-state index in [-0.39, 0.29) is 25.4 Å². The first-order valence-electron chi connectivity index (χ1n) is 2.42. The summed E-state index contributed by atoms with van der Waals surface area (Å²) >= 11 is 0. The molecule has 0 aromatic heterocycles. The van der Waals surface area contributed by atoms with Crippen molar-refractivity contribution < 1.29 is 14.0 Å². The van der Waals surface area contributed by atoms with Gasteiger partial charge in [-0.1, -0.05) is 0 Å². The number of hydrogen-bond donors (Lipinski definition) is 1. The average molecular weight is 160 g/mol. The minimum Gasteiger partial charge on any atom is -0.314 e. The largest absolute Gasteiger partial charge is 0.314 e. The predicted molar refractivity (Wildman–Crippen MR) is 30.2 cm³/mol. The second kappa shape index (κ2) is 2.77. The van der Waals surface area contributed by atoms with E-state index >= 15 is 0 Å². The highest BCUT2D eigenvalue weighted by molar-refractivity contribution is 5.85. The summed E-state index contributed by atoms with van der Waals surface area (Å²) in [6.07, 6.45) is -0.219. The summed E-state index contributed by atoms with van der Waals surface area (Å²) in [6, 6.07) is 0. The maximum atomic E-state index is 12.0. The van der Waals surface area contributed by atoms with Crippen LogP contribution in [0.2, 0.25) is 0 Å². The Kier molecular flexibility index (Phi) is 2.79. The van der Waals surface area contributed by atoms with Gasteiger partial charge in [0.05, 0.1) is 6.54 Å². The van der Waals surface area contributed by atoms with Crippen molar-refractivity contribution in [2.45, 2.75) is 12.3 Å². The molecule has 2 nitrogen and oxygen atoms in total. The van der Waals surface area contributed by atoms with Crippen molar-refractivity contribution in [2.24, 2.45) is 0 Å². The molecular weight excluding hydrogens is 151 g/mol. The zero-order chi connectivity index (χ0) is 6.20. The Morgan fingerprint density at radius 3 is 2.11 bits per heavy atom. The highest BCUT2D eigenvalue weighted by atomic mass is 35.5. The van der Waals surface area contributed by atoms with Gasteiger partial charge in [-0.15, -0.1) is 12.4 Å². The van der Waals surface area contributed by atoms with Gasteiger partial charge in [0.1, 0.15) is 0 Å². The standard InChI is InChI=1S/C4H7F2NO.ClH/c5-4(6)1-2-7(8)3-4;/h8H,1-3H2;1H. The van der Waals surface area contributed by atoms with Crippen LogP contribution in [-0.4, -0.2) is 29.3 Å². The fourth-order valence-corrected chi connectivity index (χ4v) is 0.718. The molecule has 0 spiro atoms. The number of hydroxylamine groups is 2. The molecule has 1 saturated heterocycles. The van der Waals surface area contributed by atoms with Gasteiger partial charge >= 0.3 is 0 Å². The molecule has 1 aliphatic heterocycles. The number of halogens is 3. The maximum Gasteiger partial charge on any atom is 0.264 e. The zero-order valence-corrected chi connectivity index (χ0v) is 5.50. The van der Waals surface area contributed by atoms with E-state index < -0.39 is 12.5 Å². The molecule has 0 amide bonds. The molecule has 0 aromatic rings. The van der Waals surface area contributed by atoms with Gasteiger partial charge < -0.3 is 5.21 Å². The monoisotopic (exact) mass is 159 g/mol. The minimum atomic E-state index is -2.66. The van der Waals surface area contributed by atoms with E-state index in [9.17, 15) is 8.78 Å². The smallest absolute Gasteiger partial charge is 0.264 e. The molecular formula is C4H8ClF2NO. The molecule has 0 atom stereocenters. The van der Waals surface area contributed by atoms with Crippen molar-refractivity contribution in [2.75, 3.05) is 13.1 Å². The predicted octanol–water partition coefficient (Wildman–Crippen LogP) is 1.14. The molecule has 0 aliphatic carbocycles. The molecule has 5 heteroatoms. The second-order valence-electron chi connectivity index (χ2n) is 1.99. The highest BCUT2D eigenvalue weighted by Crippen LogP contribution is 2.24. The van der Waals surface area contributed by atoms with Crippen LogP contribution in [0.3, 0.4) is 0 Å². The Morgan fingerprint density at radius 2 is 2.00 bits per heavy atom. The molecule has 0 bridgehead atoms. The zero-order valence-electron chi connectivity index (χ0n) is 4.68. The molecule has 56 valence electrons. The summed E-state index contributed by atoms with van der Waals surface area (Å²) in [7, 11) is 0. The first kappa shape index (κ1) is 9.07. The first-order chi connectivity index (χ1) is 3.60. The van der Waals surface area contributed by atoms with Crippen LogP contribution >= 0.6 is 12.4 Å². The third-order valence-electron chi connectivity index (χ3n) is 1.15. The van der Waals surface area contributed by atoms with Gasteiger partial charge in [-0.2, -0.15) is 5.06 Å². The average Bonchev–Trinajstić information content (AvgIpc) is 1.82. The molecule has 0 aromatic carbocycles. The molecule has 1 N–H and O–H groups in total. The van der Waals surface area contributed by atoms with Gasteiger partial charge in [-0.25, -0.2) is 8.78 Å². The quantitative estimate of drug-likeness (QED) is 0.573. The van der Waals surface area contributed by atoms with Gasteiger partial charge in [0.2, 0.25) is 0 Å². The van der Waals surface area contributed by atoms with Crippen LogP contribution in [-0.2, 0) is 0 Å². The molecule has 1 rings (SSSR count). The number of rotatable bonds is 0. The normalized spacial score (nSPS) is 25.7. The summed E-state index contributed by atoms with van der Waals surface area (Å²) in [5.74, 6) is -2.66.